The van der Waals surface area contributed by atoms with Crippen molar-refractivity contribution in [2.24, 2.45) is 0 Å². The molecular weight excluding hydrogens is 274 g/mol. The predicted octanol–water partition coefficient (Wildman–Crippen LogP) is 2.34. The summed E-state index contributed by atoms with van der Waals surface area (Å²) in [6.07, 6.45) is 0.706. The van der Waals surface area contributed by atoms with Crippen molar-refractivity contribution in [3.8, 4) is 0 Å². The van der Waals surface area contributed by atoms with Crippen LogP contribution >= 0.6 is 0 Å². The summed E-state index contributed by atoms with van der Waals surface area (Å²) in [6, 6.07) is 0. The Morgan fingerprint density at radius 1 is 1.24 bits per heavy atom. The number of aromatic amines is 1. The lowest BCUT2D eigenvalue weighted by Gasteiger charge is -2.19. The highest BCUT2D eigenvalue weighted by atomic mass is 16.6. The maximum Gasteiger partial charge on any atom is 0.355 e. The zero-order valence-electron chi connectivity index (χ0n) is 13.2. The van der Waals surface area contributed by atoms with Crippen molar-refractivity contribution in [3.63, 3.8) is 0 Å². The fraction of sp³-hybridized carbons (Fsp3) is 0.600. The second-order valence-electron chi connectivity index (χ2n) is 5.77. The van der Waals surface area contributed by atoms with E-state index in [1.54, 1.807) is 27.7 Å². The molecular formula is C15H23NO5. The van der Waals surface area contributed by atoms with Crippen molar-refractivity contribution in [2.45, 2.75) is 53.2 Å². The molecule has 0 bridgehead atoms. The number of aliphatic hydroxyl groups is 1. The molecule has 0 radical (unpaired) electrons. The molecule has 2 N–H and O–H groups in total. The number of carbonyl (C=O) groups excluding carboxylic acids is 2. The van der Waals surface area contributed by atoms with E-state index in [4.69, 9.17) is 9.47 Å². The number of hydrogen-bond donors (Lipinski definition) is 2. The van der Waals surface area contributed by atoms with Crippen molar-refractivity contribution in [1.82, 2.24) is 4.98 Å². The van der Waals surface area contributed by atoms with Gasteiger partial charge in [0.1, 0.15) is 11.3 Å². The first-order chi connectivity index (χ1) is 9.71. The van der Waals surface area contributed by atoms with Crippen molar-refractivity contribution in [3.05, 3.63) is 22.5 Å². The molecule has 0 saturated carbocycles. The summed E-state index contributed by atoms with van der Waals surface area (Å²) < 4.78 is 10.3. The van der Waals surface area contributed by atoms with Crippen LogP contribution in [-0.2, 0) is 16.1 Å². The molecule has 0 amide bonds. The molecule has 0 saturated heterocycles. The zero-order valence-corrected chi connectivity index (χ0v) is 13.2. The summed E-state index contributed by atoms with van der Waals surface area (Å²) >= 11 is 0. The standard InChI is InChI=1S/C15H23NO5/c1-6-7-20-14(19)12-9(2)11(10(8-17)16-12)13(18)21-15(3,4)5/h16-17H,6-8H2,1-5H3. The van der Waals surface area contributed by atoms with E-state index in [0.717, 1.165) is 0 Å². The van der Waals surface area contributed by atoms with E-state index >= 15 is 0 Å². The van der Waals surface area contributed by atoms with Crippen LogP contribution in [0.3, 0.4) is 0 Å². The van der Waals surface area contributed by atoms with Gasteiger partial charge < -0.3 is 19.6 Å². The highest BCUT2D eigenvalue weighted by Gasteiger charge is 2.27. The average Bonchev–Trinajstić information content (AvgIpc) is 2.71. The Kier molecular flexibility index (Phi) is 5.54. The quantitative estimate of drug-likeness (QED) is 0.814. The van der Waals surface area contributed by atoms with Gasteiger partial charge in [-0.15, -0.1) is 0 Å². The van der Waals surface area contributed by atoms with E-state index in [1.165, 1.54) is 0 Å². The van der Waals surface area contributed by atoms with Crippen LogP contribution in [0.4, 0.5) is 0 Å². The number of ether oxygens (including phenoxy) is 2. The van der Waals surface area contributed by atoms with E-state index in [0.29, 0.717) is 18.6 Å². The smallest absolute Gasteiger partial charge is 0.355 e. The zero-order chi connectivity index (χ0) is 16.2. The Morgan fingerprint density at radius 3 is 2.33 bits per heavy atom. The molecule has 1 aromatic heterocycles. The first kappa shape index (κ1) is 17.2. The first-order valence-corrected chi connectivity index (χ1v) is 6.94. The number of aliphatic hydroxyl groups excluding tert-OH is 1. The second kappa shape index (κ2) is 6.76. The van der Waals surface area contributed by atoms with Crippen LogP contribution in [0.2, 0.25) is 0 Å². The molecule has 0 unspecified atom stereocenters. The van der Waals surface area contributed by atoms with Crippen molar-refractivity contribution < 1.29 is 24.2 Å². The lowest BCUT2D eigenvalue weighted by molar-refractivity contribution is 0.00659. The molecule has 118 valence electrons. The lowest BCUT2D eigenvalue weighted by atomic mass is 10.1. The van der Waals surface area contributed by atoms with Crippen molar-refractivity contribution in [2.75, 3.05) is 6.61 Å². The Bertz CT molecular complexity index is 525. The molecule has 0 fully saturated rings. The minimum absolute atomic E-state index is 0.174. The van der Waals surface area contributed by atoms with Gasteiger partial charge in [-0.2, -0.15) is 0 Å². The van der Waals surface area contributed by atoms with E-state index < -0.39 is 24.1 Å². The van der Waals surface area contributed by atoms with Crippen LogP contribution in [0.25, 0.3) is 0 Å². The molecule has 0 aromatic carbocycles. The molecule has 0 aliphatic carbocycles. The van der Waals surface area contributed by atoms with E-state index in [1.807, 2.05) is 6.92 Å². The van der Waals surface area contributed by atoms with E-state index in [9.17, 15) is 14.7 Å². The fourth-order valence-electron chi connectivity index (χ4n) is 1.85. The summed E-state index contributed by atoms with van der Waals surface area (Å²) in [7, 11) is 0. The number of aromatic nitrogens is 1. The maximum absolute atomic E-state index is 12.2. The fourth-order valence-corrected chi connectivity index (χ4v) is 1.85. The number of carbonyl (C=O) groups is 2. The largest absolute Gasteiger partial charge is 0.461 e. The van der Waals surface area contributed by atoms with Crippen LogP contribution in [-0.4, -0.2) is 34.2 Å². The van der Waals surface area contributed by atoms with Gasteiger partial charge in [-0.25, -0.2) is 9.59 Å². The SMILES string of the molecule is CCCOC(=O)c1[nH]c(CO)c(C(=O)OC(C)(C)C)c1C. The predicted molar refractivity (Wildman–Crippen MR) is 77.2 cm³/mol. The normalized spacial score (nSPS) is 11.3. The second-order valence-corrected chi connectivity index (χ2v) is 5.77. The number of esters is 2. The summed E-state index contributed by atoms with van der Waals surface area (Å²) in [5.74, 6) is -1.12. The van der Waals surface area contributed by atoms with Crippen LogP contribution in [0.15, 0.2) is 0 Å². The third kappa shape index (κ3) is 4.32. The van der Waals surface area contributed by atoms with Crippen LogP contribution in [0.1, 0.15) is 66.2 Å². The molecule has 1 heterocycles. The maximum atomic E-state index is 12.2. The number of rotatable bonds is 5. The first-order valence-electron chi connectivity index (χ1n) is 6.94. The Morgan fingerprint density at radius 2 is 1.86 bits per heavy atom. The van der Waals surface area contributed by atoms with Crippen LogP contribution in [0.5, 0.6) is 0 Å². The van der Waals surface area contributed by atoms with Crippen molar-refractivity contribution >= 4 is 11.9 Å². The van der Waals surface area contributed by atoms with Gasteiger partial charge in [0.2, 0.25) is 0 Å². The minimum atomic E-state index is -0.656. The minimum Gasteiger partial charge on any atom is -0.461 e. The van der Waals surface area contributed by atoms with E-state index in [-0.39, 0.29) is 17.0 Å². The van der Waals surface area contributed by atoms with Gasteiger partial charge >= 0.3 is 11.9 Å². The van der Waals surface area contributed by atoms with Crippen LogP contribution < -0.4 is 0 Å². The Hall–Kier alpha value is -1.82. The van der Waals surface area contributed by atoms with Gasteiger partial charge in [0.15, 0.2) is 0 Å². The molecule has 0 spiro atoms. The summed E-state index contributed by atoms with van der Waals surface area (Å²) in [5, 5.41) is 9.37. The molecule has 1 rings (SSSR count). The number of hydrogen-bond acceptors (Lipinski definition) is 5. The van der Waals surface area contributed by atoms with Crippen molar-refractivity contribution in [1.29, 1.82) is 0 Å². The average molecular weight is 297 g/mol. The molecule has 1 aromatic rings. The van der Waals surface area contributed by atoms with Gasteiger partial charge in [-0.05, 0) is 39.7 Å². The number of nitrogens with one attached hydrogen (secondary N) is 1. The third-order valence-corrected chi connectivity index (χ3v) is 2.73. The molecule has 0 aliphatic heterocycles. The molecule has 21 heavy (non-hydrogen) atoms. The highest BCUT2D eigenvalue weighted by molar-refractivity contribution is 5.98. The van der Waals surface area contributed by atoms with Gasteiger partial charge in [0, 0.05) is 0 Å². The molecule has 6 nitrogen and oxygen atoms in total. The monoisotopic (exact) mass is 297 g/mol. The summed E-state index contributed by atoms with van der Waals surface area (Å²) in [5.41, 5.74) is 0.389. The summed E-state index contributed by atoms with van der Waals surface area (Å²) in [4.78, 5) is 26.9. The van der Waals surface area contributed by atoms with Gasteiger partial charge in [-0.3, -0.25) is 0 Å². The summed E-state index contributed by atoms with van der Waals surface area (Å²) in [6.45, 7) is 8.67. The van der Waals surface area contributed by atoms with Gasteiger partial charge in [0.05, 0.1) is 24.5 Å². The molecule has 0 atom stereocenters. The molecule has 0 aliphatic rings. The Balaban J connectivity index is 3.12. The highest BCUT2D eigenvalue weighted by Crippen LogP contribution is 2.23. The topological polar surface area (TPSA) is 88.6 Å². The van der Waals surface area contributed by atoms with Gasteiger partial charge in [-0.1, -0.05) is 6.92 Å². The Labute approximate surface area is 124 Å². The lowest BCUT2D eigenvalue weighted by Crippen LogP contribution is -2.24. The molecule has 6 heteroatoms. The van der Waals surface area contributed by atoms with Crippen LogP contribution in [0, 0.1) is 6.92 Å². The van der Waals surface area contributed by atoms with Gasteiger partial charge in [0.25, 0.3) is 0 Å². The van der Waals surface area contributed by atoms with E-state index in [2.05, 4.69) is 4.98 Å². The third-order valence-electron chi connectivity index (χ3n) is 2.73. The number of H-pyrrole nitrogens is 1.